The number of benzene rings is 1. The Balaban J connectivity index is 1.68. The molecule has 0 aliphatic carbocycles. The molecule has 1 N–H and O–H groups in total. The van der Waals surface area contributed by atoms with Gasteiger partial charge < -0.3 is 5.32 Å². The molecule has 0 amide bonds. The SMILES string of the molecule is CC(C)CNCC(C)N1CCN(Cc2ccccc2)CC1. The molecular weight excluding hydrogens is 258 g/mol. The van der Waals surface area contributed by atoms with Crippen LogP contribution in [-0.2, 0) is 6.54 Å². The van der Waals surface area contributed by atoms with Gasteiger partial charge in [0.25, 0.3) is 0 Å². The van der Waals surface area contributed by atoms with Crippen molar-refractivity contribution in [1.82, 2.24) is 15.1 Å². The van der Waals surface area contributed by atoms with Gasteiger partial charge in [-0.05, 0) is 24.9 Å². The van der Waals surface area contributed by atoms with Crippen LogP contribution in [0.3, 0.4) is 0 Å². The van der Waals surface area contributed by atoms with Crippen molar-refractivity contribution >= 4 is 0 Å². The quantitative estimate of drug-likeness (QED) is 0.832. The molecular formula is C18H31N3. The largest absolute Gasteiger partial charge is 0.315 e. The molecule has 1 aliphatic heterocycles. The molecule has 0 saturated carbocycles. The van der Waals surface area contributed by atoms with E-state index in [9.17, 15) is 0 Å². The summed E-state index contributed by atoms with van der Waals surface area (Å²) in [5.74, 6) is 0.736. The molecule has 118 valence electrons. The summed E-state index contributed by atoms with van der Waals surface area (Å²) in [5, 5.41) is 3.58. The summed E-state index contributed by atoms with van der Waals surface area (Å²) in [7, 11) is 0. The molecule has 1 atom stereocenters. The third-order valence-electron chi connectivity index (χ3n) is 4.27. The Morgan fingerprint density at radius 2 is 1.62 bits per heavy atom. The highest BCUT2D eigenvalue weighted by atomic mass is 15.3. The zero-order valence-corrected chi connectivity index (χ0v) is 13.9. The summed E-state index contributed by atoms with van der Waals surface area (Å²) in [5.41, 5.74) is 1.43. The maximum atomic E-state index is 3.58. The van der Waals surface area contributed by atoms with Gasteiger partial charge in [0.05, 0.1) is 0 Å². The first-order chi connectivity index (χ1) is 10.1. The van der Waals surface area contributed by atoms with E-state index >= 15 is 0 Å². The average molecular weight is 289 g/mol. The van der Waals surface area contributed by atoms with Crippen LogP contribution < -0.4 is 5.32 Å². The van der Waals surface area contributed by atoms with Gasteiger partial charge in [0, 0.05) is 45.3 Å². The average Bonchev–Trinajstić information content (AvgIpc) is 2.48. The van der Waals surface area contributed by atoms with Crippen molar-refractivity contribution in [3.63, 3.8) is 0 Å². The third-order valence-corrected chi connectivity index (χ3v) is 4.27. The van der Waals surface area contributed by atoms with Crippen LogP contribution in [0.2, 0.25) is 0 Å². The Morgan fingerprint density at radius 1 is 0.952 bits per heavy atom. The van der Waals surface area contributed by atoms with Crippen LogP contribution in [0.5, 0.6) is 0 Å². The van der Waals surface area contributed by atoms with Gasteiger partial charge in [0.15, 0.2) is 0 Å². The Kier molecular flexibility index (Phi) is 6.68. The molecule has 0 radical (unpaired) electrons. The van der Waals surface area contributed by atoms with Crippen molar-refractivity contribution in [2.45, 2.75) is 33.4 Å². The molecule has 1 fully saturated rings. The van der Waals surface area contributed by atoms with Crippen LogP contribution in [0.4, 0.5) is 0 Å². The second-order valence-corrected chi connectivity index (χ2v) is 6.70. The van der Waals surface area contributed by atoms with Gasteiger partial charge in [-0.1, -0.05) is 44.2 Å². The van der Waals surface area contributed by atoms with E-state index in [-0.39, 0.29) is 0 Å². The van der Waals surface area contributed by atoms with Gasteiger partial charge in [0.2, 0.25) is 0 Å². The number of rotatable bonds is 7. The first-order valence-electron chi connectivity index (χ1n) is 8.36. The van der Waals surface area contributed by atoms with Crippen LogP contribution in [0.15, 0.2) is 30.3 Å². The number of hydrogen-bond acceptors (Lipinski definition) is 3. The highest BCUT2D eigenvalue weighted by molar-refractivity contribution is 5.14. The lowest BCUT2D eigenvalue weighted by Gasteiger charge is -2.38. The highest BCUT2D eigenvalue weighted by Gasteiger charge is 2.20. The number of nitrogens with one attached hydrogen (secondary N) is 1. The van der Waals surface area contributed by atoms with Crippen molar-refractivity contribution in [2.24, 2.45) is 5.92 Å². The maximum absolute atomic E-state index is 3.58. The van der Waals surface area contributed by atoms with Crippen molar-refractivity contribution in [3.8, 4) is 0 Å². The van der Waals surface area contributed by atoms with E-state index in [0.29, 0.717) is 6.04 Å². The van der Waals surface area contributed by atoms with Crippen molar-refractivity contribution in [2.75, 3.05) is 39.3 Å². The van der Waals surface area contributed by atoms with Gasteiger partial charge in [-0.2, -0.15) is 0 Å². The van der Waals surface area contributed by atoms with E-state index in [4.69, 9.17) is 0 Å². The minimum Gasteiger partial charge on any atom is -0.315 e. The van der Waals surface area contributed by atoms with Crippen molar-refractivity contribution in [1.29, 1.82) is 0 Å². The van der Waals surface area contributed by atoms with E-state index < -0.39 is 0 Å². The van der Waals surface area contributed by atoms with Gasteiger partial charge in [0.1, 0.15) is 0 Å². The van der Waals surface area contributed by atoms with Crippen molar-refractivity contribution in [3.05, 3.63) is 35.9 Å². The van der Waals surface area contributed by atoms with Crippen LogP contribution >= 0.6 is 0 Å². The fourth-order valence-corrected chi connectivity index (χ4v) is 2.91. The molecule has 1 aromatic carbocycles. The lowest BCUT2D eigenvalue weighted by molar-refractivity contribution is 0.0971. The molecule has 3 nitrogen and oxygen atoms in total. The summed E-state index contributed by atoms with van der Waals surface area (Å²) in [6, 6.07) is 11.5. The Labute approximate surface area is 130 Å². The summed E-state index contributed by atoms with van der Waals surface area (Å²) in [4.78, 5) is 5.19. The van der Waals surface area contributed by atoms with E-state index in [1.165, 1.54) is 31.7 Å². The molecule has 0 spiro atoms. The molecule has 0 bridgehead atoms. The van der Waals surface area contributed by atoms with Crippen LogP contribution in [-0.4, -0.2) is 55.1 Å². The topological polar surface area (TPSA) is 18.5 Å². The highest BCUT2D eigenvalue weighted by Crippen LogP contribution is 2.10. The van der Waals surface area contributed by atoms with Crippen LogP contribution in [0.1, 0.15) is 26.3 Å². The van der Waals surface area contributed by atoms with Crippen LogP contribution in [0, 0.1) is 5.92 Å². The fourth-order valence-electron chi connectivity index (χ4n) is 2.91. The van der Waals surface area contributed by atoms with Crippen molar-refractivity contribution < 1.29 is 0 Å². The first-order valence-corrected chi connectivity index (χ1v) is 8.36. The smallest absolute Gasteiger partial charge is 0.0234 e. The maximum Gasteiger partial charge on any atom is 0.0234 e. The Morgan fingerprint density at radius 3 is 2.24 bits per heavy atom. The van der Waals surface area contributed by atoms with Gasteiger partial charge in [-0.3, -0.25) is 9.80 Å². The Hall–Kier alpha value is -0.900. The minimum atomic E-state index is 0.641. The zero-order valence-electron chi connectivity index (χ0n) is 13.9. The van der Waals surface area contributed by atoms with E-state index in [1.807, 2.05) is 0 Å². The molecule has 1 heterocycles. The van der Waals surface area contributed by atoms with E-state index in [2.05, 4.69) is 66.2 Å². The predicted molar refractivity (Wildman–Crippen MR) is 90.5 cm³/mol. The molecule has 1 saturated heterocycles. The van der Waals surface area contributed by atoms with Gasteiger partial charge in [-0.15, -0.1) is 0 Å². The fraction of sp³-hybridized carbons (Fsp3) is 0.667. The molecule has 21 heavy (non-hydrogen) atoms. The number of hydrogen-bond donors (Lipinski definition) is 1. The molecule has 2 rings (SSSR count). The monoisotopic (exact) mass is 289 g/mol. The molecule has 0 aromatic heterocycles. The zero-order chi connectivity index (χ0) is 15.1. The standard InChI is InChI=1S/C18H31N3/c1-16(2)13-19-14-17(3)21-11-9-20(10-12-21)15-18-7-5-4-6-8-18/h4-8,16-17,19H,9-15H2,1-3H3. The van der Waals surface area contributed by atoms with E-state index in [0.717, 1.165) is 25.6 Å². The summed E-state index contributed by atoms with van der Waals surface area (Å²) in [6.45, 7) is 15.0. The molecule has 3 heteroatoms. The predicted octanol–water partition coefficient (Wildman–Crippen LogP) is 2.44. The summed E-state index contributed by atoms with van der Waals surface area (Å²) >= 11 is 0. The third kappa shape index (κ3) is 5.77. The number of piperazine rings is 1. The second kappa shape index (κ2) is 8.52. The first kappa shape index (κ1) is 16.5. The van der Waals surface area contributed by atoms with Crippen LogP contribution in [0.25, 0.3) is 0 Å². The number of nitrogens with zero attached hydrogens (tertiary/aromatic N) is 2. The van der Waals surface area contributed by atoms with Gasteiger partial charge in [-0.25, -0.2) is 0 Å². The molecule has 1 aromatic rings. The Bertz CT molecular complexity index is 383. The lowest BCUT2D eigenvalue weighted by Crippen LogP contribution is -2.51. The second-order valence-electron chi connectivity index (χ2n) is 6.70. The summed E-state index contributed by atoms with van der Waals surface area (Å²) < 4.78 is 0. The van der Waals surface area contributed by atoms with Gasteiger partial charge >= 0.3 is 0 Å². The normalized spacial score (nSPS) is 19.0. The molecule has 1 unspecified atom stereocenters. The van der Waals surface area contributed by atoms with E-state index in [1.54, 1.807) is 0 Å². The lowest BCUT2D eigenvalue weighted by atomic mass is 10.1. The summed E-state index contributed by atoms with van der Waals surface area (Å²) in [6.07, 6.45) is 0. The molecule has 1 aliphatic rings. The minimum absolute atomic E-state index is 0.641.